The number of aromatic nitrogens is 1. The Morgan fingerprint density at radius 1 is 1.02 bits per heavy atom. The lowest BCUT2D eigenvalue weighted by Crippen LogP contribution is -2.48. The average molecular weight is 635 g/mol. The number of hydrogen-bond acceptors (Lipinski definition) is 6. The molecule has 3 atom stereocenters. The third-order valence-corrected chi connectivity index (χ3v) is 8.04. The smallest absolute Gasteiger partial charge is 0.416 e. The minimum atomic E-state index is -4.45. The first kappa shape index (κ1) is 32.9. The number of amides is 2. The first-order valence-corrected chi connectivity index (χ1v) is 15.2. The second-order valence-corrected chi connectivity index (χ2v) is 11.7. The van der Waals surface area contributed by atoms with Crippen molar-refractivity contribution in [1.29, 1.82) is 0 Å². The molecule has 0 bridgehead atoms. The van der Waals surface area contributed by atoms with Gasteiger partial charge in [0.15, 0.2) is 0 Å². The zero-order valence-corrected chi connectivity index (χ0v) is 25.7. The van der Waals surface area contributed by atoms with E-state index in [1.807, 2.05) is 37.3 Å². The maximum Gasteiger partial charge on any atom is 0.416 e. The predicted octanol–water partition coefficient (Wildman–Crippen LogP) is 5.78. The Bertz CT molecular complexity index is 1660. The van der Waals surface area contributed by atoms with Crippen molar-refractivity contribution >= 4 is 11.8 Å². The molecule has 1 saturated heterocycles. The predicted molar refractivity (Wildman–Crippen MR) is 166 cm³/mol. The van der Waals surface area contributed by atoms with E-state index in [0.717, 1.165) is 41.8 Å². The van der Waals surface area contributed by atoms with Crippen molar-refractivity contribution in [3.8, 4) is 0 Å². The van der Waals surface area contributed by atoms with Gasteiger partial charge in [-0.15, -0.1) is 0 Å². The highest BCUT2D eigenvalue weighted by Gasteiger charge is 2.34. The van der Waals surface area contributed by atoms with Crippen LogP contribution in [0.25, 0.3) is 0 Å². The summed E-state index contributed by atoms with van der Waals surface area (Å²) < 4.78 is 45.0. The lowest BCUT2D eigenvalue weighted by atomic mass is 9.99. The van der Waals surface area contributed by atoms with Gasteiger partial charge >= 0.3 is 6.18 Å². The normalized spacial score (nSPS) is 16.3. The van der Waals surface area contributed by atoms with E-state index in [0.29, 0.717) is 30.0 Å². The fraction of sp³-hybridized carbons (Fsp3) is 0.343. The van der Waals surface area contributed by atoms with E-state index < -0.39 is 29.8 Å². The van der Waals surface area contributed by atoms with E-state index >= 15 is 0 Å². The molecule has 1 unspecified atom stereocenters. The Balaban J connectivity index is 1.29. The molecule has 0 aliphatic carbocycles. The number of nitrogens with one attached hydrogen (secondary N) is 2. The molecule has 4 aromatic rings. The van der Waals surface area contributed by atoms with Crippen LogP contribution < -0.4 is 10.6 Å². The van der Waals surface area contributed by atoms with Gasteiger partial charge in [-0.3, -0.25) is 9.59 Å². The number of halogens is 3. The molecule has 5 rings (SSSR count). The molecule has 46 heavy (non-hydrogen) atoms. The van der Waals surface area contributed by atoms with Crippen LogP contribution in [0, 0.1) is 13.8 Å². The molecule has 0 saturated carbocycles. The van der Waals surface area contributed by atoms with Crippen LogP contribution >= 0.6 is 0 Å². The fourth-order valence-electron chi connectivity index (χ4n) is 5.76. The van der Waals surface area contributed by atoms with E-state index in [4.69, 9.17) is 4.42 Å². The second kappa shape index (κ2) is 14.3. The van der Waals surface area contributed by atoms with Crippen molar-refractivity contribution in [2.24, 2.45) is 0 Å². The van der Waals surface area contributed by atoms with Gasteiger partial charge in [-0.1, -0.05) is 48.5 Å². The summed E-state index contributed by atoms with van der Waals surface area (Å²) in [5, 5.41) is 17.1. The van der Waals surface area contributed by atoms with Gasteiger partial charge in [0.1, 0.15) is 12.3 Å². The van der Waals surface area contributed by atoms with Gasteiger partial charge < -0.3 is 25.1 Å². The molecule has 1 aliphatic heterocycles. The number of nitrogens with zero attached hydrogens (tertiary/aromatic N) is 2. The van der Waals surface area contributed by atoms with Crippen molar-refractivity contribution in [3.05, 3.63) is 124 Å². The molecule has 2 amide bonds. The van der Waals surface area contributed by atoms with E-state index in [2.05, 4.69) is 15.6 Å². The quantitative estimate of drug-likeness (QED) is 0.193. The summed E-state index contributed by atoms with van der Waals surface area (Å²) in [5.74, 6) is -0.193. The summed E-state index contributed by atoms with van der Waals surface area (Å²) in [7, 11) is 0. The van der Waals surface area contributed by atoms with Crippen LogP contribution in [0.15, 0.2) is 83.5 Å². The molecular formula is C35H37F3N4O4. The van der Waals surface area contributed by atoms with Gasteiger partial charge in [-0.2, -0.15) is 13.2 Å². The first-order valence-electron chi connectivity index (χ1n) is 15.2. The molecular weight excluding hydrogens is 597 g/mol. The van der Waals surface area contributed by atoms with Gasteiger partial charge in [0.2, 0.25) is 5.89 Å². The van der Waals surface area contributed by atoms with Crippen LogP contribution in [-0.4, -0.2) is 52.0 Å². The van der Waals surface area contributed by atoms with Crippen LogP contribution in [0.2, 0.25) is 0 Å². The Morgan fingerprint density at radius 2 is 1.76 bits per heavy atom. The van der Waals surface area contributed by atoms with Crippen molar-refractivity contribution < 1.29 is 32.3 Å². The number of carbonyl (C=O) groups excluding carboxylic acids is 2. The summed E-state index contributed by atoms with van der Waals surface area (Å²) >= 11 is 0. The third-order valence-electron chi connectivity index (χ3n) is 8.04. The number of rotatable bonds is 11. The summed E-state index contributed by atoms with van der Waals surface area (Å²) in [6, 6.07) is 18.3. The van der Waals surface area contributed by atoms with E-state index in [1.165, 1.54) is 6.07 Å². The Kier molecular flexibility index (Phi) is 10.2. The first-order chi connectivity index (χ1) is 22.0. The molecule has 1 aromatic heterocycles. The van der Waals surface area contributed by atoms with Crippen LogP contribution in [-0.2, 0) is 19.1 Å². The Labute approximate surface area is 265 Å². The molecule has 8 nitrogen and oxygen atoms in total. The maximum absolute atomic E-state index is 13.7. The number of likely N-dealkylation sites (tertiary alicyclic amines) is 1. The zero-order chi connectivity index (χ0) is 32.8. The highest BCUT2D eigenvalue weighted by molar-refractivity contribution is 6.00. The van der Waals surface area contributed by atoms with Gasteiger partial charge in [0, 0.05) is 30.8 Å². The summed E-state index contributed by atoms with van der Waals surface area (Å²) in [5.41, 5.74) is 2.65. The summed E-state index contributed by atoms with van der Waals surface area (Å²) in [6.07, 6.45) is -2.12. The lowest BCUT2D eigenvalue weighted by Gasteiger charge is -2.25. The number of aliphatic hydroxyl groups excluding tert-OH is 1. The number of benzene rings is 3. The summed E-state index contributed by atoms with van der Waals surface area (Å²) in [4.78, 5) is 33.4. The van der Waals surface area contributed by atoms with Crippen LogP contribution in [0.4, 0.5) is 13.2 Å². The van der Waals surface area contributed by atoms with Gasteiger partial charge in [-0.05, 0) is 74.1 Å². The van der Waals surface area contributed by atoms with Gasteiger partial charge in [0.25, 0.3) is 11.8 Å². The van der Waals surface area contributed by atoms with Crippen molar-refractivity contribution in [2.45, 2.75) is 64.0 Å². The molecule has 1 fully saturated rings. The van der Waals surface area contributed by atoms with E-state index in [-0.39, 0.29) is 30.6 Å². The Morgan fingerprint density at radius 3 is 2.48 bits per heavy atom. The van der Waals surface area contributed by atoms with E-state index in [9.17, 15) is 27.9 Å². The number of aryl methyl sites for hydroxylation is 2. The summed E-state index contributed by atoms with van der Waals surface area (Å²) in [6.45, 7) is 4.29. The standard InChI is InChI=1S/C35H37F3N4O4/c1-22-14-26(18-27(15-22)34(45)42-13-7-12-30(42)33-40-23(2)21-46-33)32(44)41-29(17-24-8-4-3-5-9-24)31(43)20-39-19-25-10-6-11-28(16-25)35(36,37)38/h3-6,8-11,14-16,18,21,29-31,39,43H,7,12-13,17,19-20H2,1-2H3,(H,41,44)/t29-,30?,31+/m0/s1. The second-order valence-electron chi connectivity index (χ2n) is 11.7. The molecule has 242 valence electrons. The van der Waals surface area contributed by atoms with Crippen molar-refractivity contribution in [3.63, 3.8) is 0 Å². The molecule has 1 aliphatic rings. The molecule has 2 heterocycles. The van der Waals surface area contributed by atoms with Crippen LogP contribution in [0.1, 0.15) is 73.4 Å². The molecule has 0 radical (unpaired) electrons. The molecule has 3 aromatic carbocycles. The highest BCUT2D eigenvalue weighted by atomic mass is 19.4. The van der Waals surface area contributed by atoms with Crippen molar-refractivity contribution in [2.75, 3.05) is 13.1 Å². The molecule has 11 heteroatoms. The average Bonchev–Trinajstić information content (AvgIpc) is 3.69. The third kappa shape index (κ3) is 8.21. The number of hydrogen-bond donors (Lipinski definition) is 3. The van der Waals surface area contributed by atoms with Gasteiger partial charge in [-0.25, -0.2) is 4.98 Å². The SMILES string of the molecule is Cc1cc(C(=O)N[C@@H](Cc2ccccc2)[C@H](O)CNCc2cccc(C(F)(F)F)c2)cc(C(=O)N2CCCC2c2nc(C)co2)c1. The number of oxazole rings is 1. The zero-order valence-electron chi connectivity index (χ0n) is 25.7. The van der Waals surface area contributed by atoms with Crippen molar-refractivity contribution in [1.82, 2.24) is 20.5 Å². The maximum atomic E-state index is 13.7. The largest absolute Gasteiger partial charge is 0.446 e. The Hall–Kier alpha value is -4.48. The molecule has 0 spiro atoms. The van der Waals surface area contributed by atoms with Gasteiger partial charge in [0.05, 0.1) is 23.4 Å². The number of alkyl halides is 3. The topological polar surface area (TPSA) is 108 Å². The van der Waals surface area contributed by atoms with Crippen LogP contribution in [0.3, 0.4) is 0 Å². The lowest BCUT2D eigenvalue weighted by molar-refractivity contribution is -0.137. The minimum absolute atomic E-state index is 0.0161. The highest BCUT2D eigenvalue weighted by Crippen LogP contribution is 2.33. The fourth-order valence-corrected chi connectivity index (χ4v) is 5.76. The monoisotopic (exact) mass is 634 g/mol. The van der Waals surface area contributed by atoms with E-state index in [1.54, 1.807) is 42.4 Å². The minimum Gasteiger partial charge on any atom is -0.446 e. The molecule has 3 N–H and O–H groups in total. The number of carbonyl (C=O) groups is 2. The number of aliphatic hydroxyl groups is 1. The van der Waals surface area contributed by atoms with Crippen LogP contribution in [0.5, 0.6) is 0 Å².